The zero-order valence-corrected chi connectivity index (χ0v) is 8.81. The van der Waals surface area contributed by atoms with Crippen LogP contribution in [0.1, 0.15) is 17.0 Å². The van der Waals surface area contributed by atoms with Crippen LogP contribution in [0.25, 0.3) is 0 Å². The fourth-order valence-corrected chi connectivity index (χ4v) is 2.15. The summed E-state index contributed by atoms with van der Waals surface area (Å²) in [7, 11) is 2.08. The highest BCUT2D eigenvalue weighted by molar-refractivity contribution is 5.70. The lowest BCUT2D eigenvalue weighted by atomic mass is 9.87. The van der Waals surface area contributed by atoms with E-state index in [1.165, 1.54) is 5.56 Å². The van der Waals surface area contributed by atoms with Gasteiger partial charge in [0.2, 0.25) is 0 Å². The second-order valence-electron chi connectivity index (χ2n) is 4.19. The van der Waals surface area contributed by atoms with Crippen molar-refractivity contribution in [2.75, 3.05) is 20.1 Å². The number of aliphatic carboxylic acids is 1. The zero-order chi connectivity index (χ0) is 10.8. The third-order valence-electron chi connectivity index (χ3n) is 2.90. The minimum atomic E-state index is -0.755. The predicted molar refractivity (Wildman–Crippen MR) is 58.0 cm³/mol. The Labute approximate surface area is 89.3 Å². The van der Waals surface area contributed by atoms with E-state index in [1.54, 1.807) is 0 Å². The van der Waals surface area contributed by atoms with Crippen LogP contribution in [0.4, 0.5) is 0 Å². The van der Waals surface area contributed by atoms with E-state index >= 15 is 0 Å². The molecule has 1 fully saturated rings. The smallest absolute Gasteiger partial charge is 0.307 e. The van der Waals surface area contributed by atoms with E-state index in [1.807, 2.05) is 18.2 Å². The fourth-order valence-electron chi connectivity index (χ4n) is 2.15. The normalized spacial score (nSPS) is 17.4. The highest BCUT2D eigenvalue weighted by Gasteiger charge is 2.26. The van der Waals surface area contributed by atoms with Crippen molar-refractivity contribution in [3.05, 3.63) is 35.4 Å². The lowest BCUT2D eigenvalue weighted by Crippen LogP contribution is -2.42. The molecule has 0 bridgehead atoms. The van der Waals surface area contributed by atoms with Crippen LogP contribution in [-0.4, -0.2) is 36.1 Å². The molecule has 2 rings (SSSR count). The molecule has 0 amide bonds. The Bertz CT molecular complexity index is 370. The van der Waals surface area contributed by atoms with E-state index < -0.39 is 5.97 Å². The van der Waals surface area contributed by atoms with E-state index in [-0.39, 0.29) is 6.42 Å². The Hall–Kier alpha value is -1.35. The highest BCUT2D eigenvalue weighted by atomic mass is 16.4. The number of hydrogen-bond acceptors (Lipinski definition) is 2. The van der Waals surface area contributed by atoms with Crippen molar-refractivity contribution in [1.29, 1.82) is 0 Å². The third-order valence-corrected chi connectivity index (χ3v) is 2.90. The first-order valence-electron chi connectivity index (χ1n) is 5.15. The molecule has 1 aliphatic heterocycles. The molecule has 1 aromatic rings. The zero-order valence-electron chi connectivity index (χ0n) is 8.81. The molecule has 1 N–H and O–H groups in total. The van der Waals surface area contributed by atoms with Gasteiger partial charge in [0.15, 0.2) is 0 Å². The summed E-state index contributed by atoms with van der Waals surface area (Å²) in [4.78, 5) is 12.9. The van der Waals surface area contributed by atoms with Crippen LogP contribution in [-0.2, 0) is 11.2 Å². The van der Waals surface area contributed by atoms with Crippen LogP contribution >= 0.6 is 0 Å². The molecule has 0 spiro atoms. The topological polar surface area (TPSA) is 40.5 Å². The number of hydrogen-bond donors (Lipinski definition) is 1. The summed E-state index contributed by atoms with van der Waals surface area (Å²) in [6, 6.07) is 7.86. The van der Waals surface area contributed by atoms with Crippen LogP contribution in [0.2, 0.25) is 0 Å². The van der Waals surface area contributed by atoms with Gasteiger partial charge in [0.25, 0.3) is 0 Å². The summed E-state index contributed by atoms with van der Waals surface area (Å²) in [5, 5.41) is 8.81. The molecule has 80 valence electrons. The molecule has 1 aliphatic rings. The number of carboxylic acid groups (broad SMARTS) is 1. The van der Waals surface area contributed by atoms with Crippen molar-refractivity contribution in [2.45, 2.75) is 12.3 Å². The van der Waals surface area contributed by atoms with E-state index in [0.29, 0.717) is 5.92 Å². The van der Waals surface area contributed by atoms with E-state index in [2.05, 4.69) is 18.0 Å². The summed E-state index contributed by atoms with van der Waals surface area (Å²) < 4.78 is 0. The predicted octanol–water partition coefficient (Wildman–Crippen LogP) is 1.34. The van der Waals surface area contributed by atoms with Crippen LogP contribution in [0, 0.1) is 0 Å². The highest BCUT2D eigenvalue weighted by Crippen LogP contribution is 2.28. The molecule has 3 heteroatoms. The van der Waals surface area contributed by atoms with Crippen LogP contribution in [0.5, 0.6) is 0 Å². The molecule has 0 saturated carbocycles. The van der Waals surface area contributed by atoms with Gasteiger partial charge in [-0.3, -0.25) is 4.79 Å². The number of benzene rings is 1. The monoisotopic (exact) mass is 205 g/mol. The van der Waals surface area contributed by atoms with Gasteiger partial charge in [0.05, 0.1) is 6.42 Å². The number of carbonyl (C=O) groups is 1. The Balaban J connectivity index is 2.18. The van der Waals surface area contributed by atoms with E-state index in [9.17, 15) is 4.79 Å². The van der Waals surface area contributed by atoms with Gasteiger partial charge in [-0.15, -0.1) is 0 Å². The number of likely N-dealkylation sites (N-methyl/N-ethyl adjacent to an activating group) is 1. The molecule has 0 unspecified atom stereocenters. The Morgan fingerprint density at radius 3 is 2.73 bits per heavy atom. The Morgan fingerprint density at radius 1 is 1.47 bits per heavy atom. The third kappa shape index (κ3) is 2.18. The van der Waals surface area contributed by atoms with Crippen molar-refractivity contribution in [2.24, 2.45) is 0 Å². The summed E-state index contributed by atoms with van der Waals surface area (Å²) >= 11 is 0. The van der Waals surface area contributed by atoms with Gasteiger partial charge in [0.1, 0.15) is 0 Å². The molecule has 0 aromatic heterocycles. The van der Waals surface area contributed by atoms with E-state index in [4.69, 9.17) is 5.11 Å². The van der Waals surface area contributed by atoms with Crippen molar-refractivity contribution in [3.63, 3.8) is 0 Å². The minimum absolute atomic E-state index is 0.135. The van der Waals surface area contributed by atoms with Gasteiger partial charge in [-0.25, -0.2) is 0 Å². The van der Waals surface area contributed by atoms with Crippen LogP contribution in [0.3, 0.4) is 0 Å². The minimum Gasteiger partial charge on any atom is -0.481 e. The summed E-state index contributed by atoms with van der Waals surface area (Å²) in [6.45, 7) is 2.08. The SMILES string of the molecule is CN1CC(c2ccccc2CC(=O)O)C1. The quantitative estimate of drug-likeness (QED) is 0.809. The molecule has 0 atom stereocenters. The first kappa shape index (κ1) is 10.2. The summed E-state index contributed by atoms with van der Waals surface area (Å²) in [5.41, 5.74) is 2.17. The first-order chi connectivity index (χ1) is 7.16. The maximum Gasteiger partial charge on any atom is 0.307 e. The maximum atomic E-state index is 10.7. The molecule has 1 aromatic carbocycles. The lowest BCUT2D eigenvalue weighted by molar-refractivity contribution is -0.136. The maximum absolute atomic E-state index is 10.7. The molecular weight excluding hydrogens is 190 g/mol. The molecule has 0 aliphatic carbocycles. The van der Waals surface area contributed by atoms with Gasteiger partial charge < -0.3 is 10.0 Å². The fraction of sp³-hybridized carbons (Fsp3) is 0.417. The number of nitrogens with zero attached hydrogens (tertiary/aromatic N) is 1. The second-order valence-corrected chi connectivity index (χ2v) is 4.19. The molecule has 1 saturated heterocycles. The van der Waals surface area contributed by atoms with Gasteiger partial charge >= 0.3 is 5.97 Å². The van der Waals surface area contributed by atoms with Crippen molar-refractivity contribution in [3.8, 4) is 0 Å². The molecule has 0 radical (unpaired) electrons. The average Bonchev–Trinajstić information content (AvgIpc) is 2.13. The Morgan fingerprint density at radius 2 is 2.13 bits per heavy atom. The van der Waals surface area contributed by atoms with Crippen molar-refractivity contribution < 1.29 is 9.90 Å². The lowest BCUT2D eigenvalue weighted by Gasteiger charge is -2.37. The first-order valence-corrected chi connectivity index (χ1v) is 5.15. The second kappa shape index (κ2) is 4.03. The van der Waals surface area contributed by atoms with Gasteiger partial charge in [-0.2, -0.15) is 0 Å². The number of likely N-dealkylation sites (tertiary alicyclic amines) is 1. The van der Waals surface area contributed by atoms with E-state index in [0.717, 1.165) is 18.7 Å². The van der Waals surface area contributed by atoms with Crippen LogP contribution < -0.4 is 0 Å². The molecular formula is C12H15NO2. The molecule has 15 heavy (non-hydrogen) atoms. The summed E-state index contributed by atoms with van der Waals surface area (Å²) in [5.74, 6) is -0.235. The molecule has 3 nitrogen and oxygen atoms in total. The standard InChI is InChI=1S/C12H15NO2/c1-13-7-10(8-13)11-5-3-2-4-9(11)6-12(14)15/h2-5,10H,6-8H2,1H3,(H,14,15). The van der Waals surface area contributed by atoms with Crippen molar-refractivity contribution >= 4 is 5.97 Å². The van der Waals surface area contributed by atoms with Crippen molar-refractivity contribution in [1.82, 2.24) is 4.90 Å². The largest absolute Gasteiger partial charge is 0.481 e. The molecule has 1 heterocycles. The van der Waals surface area contributed by atoms with Gasteiger partial charge in [0, 0.05) is 19.0 Å². The van der Waals surface area contributed by atoms with Gasteiger partial charge in [-0.05, 0) is 18.2 Å². The number of carboxylic acids is 1. The van der Waals surface area contributed by atoms with Crippen LogP contribution in [0.15, 0.2) is 24.3 Å². The summed E-state index contributed by atoms with van der Waals surface area (Å²) in [6.07, 6.45) is 0.135. The number of rotatable bonds is 3. The Kier molecular flexibility index (Phi) is 2.73. The average molecular weight is 205 g/mol. The van der Waals surface area contributed by atoms with Gasteiger partial charge in [-0.1, -0.05) is 24.3 Å².